The Morgan fingerprint density at radius 1 is 1.19 bits per heavy atom. The van der Waals surface area contributed by atoms with Crippen molar-refractivity contribution in [3.05, 3.63) is 35.6 Å². The summed E-state index contributed by atoms with van der Waals surface area (Å²) in [5, 5.41) is 0.299. The standard InChI is InChI=1S/C14H18ClF/c15-14(12-3-1-2-4-12)10-7-11-5-8-13(16)9-6-11/h5-6,8-9,12,14H,1-4,7,10H2. The molecule has 0 spiro atoms. The molecule has 1 aliphatic carbocycles. The maximum absolute atomic E-state index is 12.7. The molecule has 1 fully saturated rings. The Bertz CT molecular complexity index is 314. The summed E-state index contributed by atoms with van der Waals surface area (Å²) in [5.74, 6) is 0.545. The molecule has 1 atom stereocenters. The van der Waals surface area contributed by atoms with E-state index in [4.69, 9.17) is 11.6 Å². The van der Waals surface area contributed by atoms with E-state index in [9.17, 15) is 4.39 Å². The average Bonchev–Trinajstić information content (AvgIpc) is 2.81. The molecule has 88 valence electrons. The third-order valence-electron chi connectivity index (χ3n) is 3.53. The number of hydrogen-bond acceptors (Lipinski definition) is 0. The van der Waals surface area contributed by atoms with Gasteiger partial charge in [-0.15, -0.1) is 11.6 Å². The molecule has 0 bridgehead atoms. The molecule has 0 aliphatic heterocycles. The van der Waals surface area contributed by atoms with Gasteiger partial charge in [0.2, 0.25) is 0 Å². The number of halogens is 2. The zero-order chi connectivity index (χ0) is 11.4. The van der Waals surface area contributed by atoms with Crippen molar-refractivity contribution in [1.82, 2.24) is 0 Å². The van der Waals surface area contributed by atoms with Gasteiger partial charge in [-0.1, -0.05) is 25.0 Å². The zero-order valence-electron chi connectivity index (χ0n) is 9.46. The van der Waals surface area contributed by atoms with E-state index in [1.54, 1.807) is 0 Å². The molecule has 1 aliphatic rings. The number of hydrogen-bond donors (Lipinski definition) is 0. The second kappa shape index (κ2) is 5.67. The molecule has 0 heterocycles. The maximum atomic E-state index is 12.7. The van der Waals surface area contributed by atoms with Crippen LogP contribution in [0.1, 0.15) is 37.7 Å². The number of rotatable bonds is 4. The van der Waals surface area contributed by atoms with Crippen molar-refractivity contribution < 1.29 is 4.39 Å². The lowest BCUT2D eigenvalue weighted by atomic mass is 9.98. The molecular weight excluding hydrogens is 223 g/mol. The fraction of sp³-hybridized carbons (Fsp3) is 0.571. The molecule has 0 nitrogen and oxygen atoms in total. The summed E-state index contributed by atoms with van der Waals surface area (Å²) in [5.41, 5.74) is 1.19. The van der Waals surface area contributed by atoms with Crippen LogP contribution >= 0.6 is 11.6 Å². The van der Waals surface area contributed by atoms with Gasteiger partial charge in [-0.2, -0.15) is 0 Å². The highest BCUT2D eigenvalue weighted by molar-refractivity contribution is 6.20. The van der Waals surface area contributed by atoms with E-state index < -0.39 is 0 Å². The van der Waals surface area contributed by atoms with Gasteiger partial charge in [-0.05, 0) is 49.3 Å². The minimum absolute atomic E-state index is 0.165. The van der Waals surface area contributed by atoms with Crippen molar-refractivity contribution in [2.45, 2.75) is 43.9 Å². The summed E-state index contributed by atoms with van der Waals surface area (Å²) in [6.07, 6.45) is 7.23. The van der Waals surface area contributed by atoms with Crippen LogP contribution in [0.3, 0.4) is 0 Å². The maximum Gasteiger partial charge on any atom is 0.123 e. The van der Waals surface area contributed by atoms with E-state index in [2.05, 4.69) is 0 Å². The van der Waals surface area contributed by atoms with Crippen LogP contribution in [0.15, 0.2) is 24.3 Å². The molecule has 1 saturated carbocycles. The second-order valence-corrected chi connectivity index (χ2v) is 5.29. The molecule has 2 heteroatoms. The van der Waals surface area contributed by atoms with Crippen LogP contribution in [-0.4, -0.2) is 5.38 Å². The molecule has 1 aromatic carbocycles. The van der Waals surface area contributed by atoms with E-state index in [1.165, 1.54) is 43.4 Å². The van der Waals surface area contributed by atoms with Crippen molar-refractivity contribution in [2.75, 3.05) is 0 Å². The molecule has 0 saturated heterocycles. The third-order valence-corrected chi connectivity index (χ3v) is 4.11. The molecule has 2 rings (SSSR count). The lowest BCUT2D eigenvalue weighted by molar-refractivity contribution is 0.492. The highest BCUT2D eigenvalue weighted by Gasteiger charge is 2.22. The minimum Gasteiger partial charge on any atom is -0.207 e. The van der Waals surface area contributed by atoms with E-state index in [0.29, 0.717) is 11.3 Å². The normalized spacial score (nSPS) is 18.9. The minimum atomic E-state index is -0.165. The van der Waals surface area contributed by atoms with Gasteiger partial charge in [0.05, 0.1) is 0 Å². The van der Waals surface area contributed by atoms with Crippen molar-refractivity contribution >= 4 is 11.6 Å². The molecule has 0 aromatic heterocycles. The van der Waals surface area contributed by atoms with Gasteiger partial charge in [0.15, 0.2) is 0 Å². The number of benzene rings is 1. The fourth-order valence-electron chi connectivity index (χ4n) is 2.51. The Morgan fingerprint density at radius 3 is 2.44 bits per heavy atom. The third kappa shape index (κ3) is 3.21. The predicted octanol–water partition coefficient (Wildman–Crippen LogP) is 4.56. The molecule has 1 aromatic rings. The molecule has 16 heavy (non-hydrogen) atoms. The largest absolute Gasteiger partial charge is 0.207 e. The number of alkyl halides is 1. The number of aryl methyl sites for hydroxylation is 1. The summed E-state index contributed by atoms with van der Waals surface area (Å²) < 4.78 is 12.7. The first-order valence-electron chi connectivity index (χ1n) is 6.14. The van der Waals surface area contributed by atoms with Gasteiger partial charge in [-0.3, -0.25) is 0 Å². The molecule has 0 radical (unpaired) electrons. The topological polar surface area (TPSA) is 0 Å². The smallest absolute Gasteiger partial charge is 0.123 e. The fourth-order valence-corrected chi connectivity index (χ4v) is 2.87. The monoisotopic (exact) mass is 240 g/mol. The summed E-state index contributed by atoms with van der Waals surface area (Å²) in [6.45, 7) is 0. The summed E-state index contributed by atoms with van der Waals surface area (Å²) in [6, 6.07) is 6.75. The Kier molecular flexibility index (Phi) is 4.22. The van der Waals surface area contributed by atoms with Crippen molar-refractivity contribution in [1.29, 1.82) is 0 Å². The second-order valence-electron chi connectivity index (χ2n) is 4.73. The summed E-state index contributed by atoms with van der Waals surface area (Å²) >= 11 is 6.39. The molecular formula is C14H18ClF. The Morgan fingerprint density at radius 2 is 1.81 bits per heavy atom. The highest BCUT2D eigenvalue weighted by atomic mass is 35.5. The van der Waals surface area contributed by atoms with E-state index in [-0.39, 0.29) is 5.82 Å². The van der Waals surface area contributed by atoms with Gasteiger partial charge in [0.1, 0.15) is 5.82 Å². The lowest BCUT2D eigenvalue weighted by Crippen LogP contribution is -2.12. The van der Waals surface area contributed by atoms with E-state index in [0.717, 1.165) is 12.8 Å². The van der Waals surface area contributed by atoms with Gasteiger partial charge in [0, 0.05) is 5.38 Å². The molecule has 1 unspecified atom stereocenters. The predicted molar refractivity (Wildman–Crippen MR) is 66.3 cm³/mol. The first-order valence-corrected chi connectivity index (χ1v) is 6.58. The van der Waals surface area contributed by atoms with Crippen LogP contribution in [0.25, 0.3) is 0 Å². The first kappa shape index (κ1) is 11.9. The SMILES string of the molecule is Fc1ccc(CCC(Cl)C2CCCC2)cc1. The van der Waals surface area contributed by atoms with E-state index >= 15 is 0 Å². The summed E-state index contributed by atoms with van der Waals surface area (Å²) in [4.78, 5) is 0. The van der Waals surface area contributed by atoms with Crippen molar-refractivity contribution in [3.8, 4) is 0 Å². The van der Waals surface area contributed by atoms with Crippen molar-refractivity contribution in [3.63, 3.8) is 0 Å². The van der Waals surface area contributed by atoms with Crippen molar-refractivity contribution in [2.24, 2.45) is 5.92 Å². The van der Waals surface area contributed by atoms with Gasteiger partial charge in [0.25, 0.3) is 0 Å². The van der Waals surface area contributed by atoms with Crippen LogP contribution in [0.4, 0.5) is 4.39 Å². The van der Waals surface area contributed by atoms with Gasteiger partial charge < -0.3 is 0 Å². The van der Waals surface area contributed by atoms with Crippen LogP contribution in [0.5, 0.6) is 0 Å². The van der Waals surface area contributed by atoms with Gasteiger partial charge in [-0.25, -0.2) is 4.39 Å². The Hall–Kier alpha value is -0.560. The van der Waals surface area contributed by atoms with Crippen LogP contribution in [0.2, 0.25) is 0 Å². The molecule has 0 N–H and O–H groups in total. The average molecular weight is 241 g/mol. The first-order chi connectivity index (χ1) is 7.75. The Labute approximate surface area is 102 Å². The highest BCUT2D eigenvalue weighted by Crippen LogP contribution is 2.32. The van der Waals surface area contributed by atoms with Crippen LogP contribution < -0.4 is 0 Å². The molecule has 0 amide bonds. The Balaban J connectivity index is 1.80. The van der Waals surface area contributed by atoms with Crippen LogP contribution in [-0.2, 0) is 6.42 Å². The quantitative estimate of drug-likeness (QED) is 0.677. The zero-order valence-corrected chi connectivity index (χ0v) is 10.2. The van der Waals surface area contributed by atoms with Gasteiger partial charge >= 0.3 is 0 Å². The summed E-state index contributed by atoms with van der Waals surface area (Å²) in [7, 11) is 0. The van der Waals surface area contributed by atoms with E-state index in [1.807, 2.05) is 12.1 Å². The van der Waals surface area contributed by atoms with Crippen LogP contribution in [0, 0.1) is 11.7 Å². The lowest BCUT2D eigenvalue weighted by Gasteiger charge is -2.16.